The number of nitrogens with one attached hydrogen (secondary N) is 2. The fourth-order valence-corrected chi connectivity index (χ4v) is 1.75. The van der Waals surface area contributed by atoms with E-state index in [1.807, 2.05) is 0 Å². The molecule has 0 spiro atoms. The van der Waals surface area contributed by atoms with Crippen LogP contribution in [-0.2, 0) is 0 Å². The molecule has 1 heterocycles. The maximum atomic E-state index is 13.1. The predicted octanol–water partition coefficient (Wildman–Crippen LogP) is 1.74. The molecule has 0 aliphatic rings. The van der Waals surface area contributed by atoms with Crippen LogP contribution in [0.1, 0.15) is 39.5 Å². The molecule has 0 aliphatic carbocycles. The molecule has 0 saturated carbocycles. The molecule has 104 valence electrons. The Morgan fingerprint density at radius 2 is 2.20 bits per heavy atom. The van der Waals surface area contributed by atoms with Crippen LogP contribution in [0.4, 0.5) is 4.39 Å². The van der Waals surface area contributed by atoms with Crippen molar-refractivity contribution < 1.29 is 19.1 Å². The van der Waals surface area contributed by atoms with Gasteiger partial charge in [0, 0.05) is 0 Å². The number of carboxylic acid groups (broad SMARTS) is 1. The number of carboxylic acids is 1. The number of benzene rings is 1. The van der Waals surface area contributed by atoms with Crippen molar-refractivity contribution in [3.05, 3.63) is 53.4 Å². The standard InChI is InChI=1S/C13H12FN3O3/c1-7(8-3-2-4-9(14)5-8)17-12(18)10-11(13(19)20)16-6-15-10/h2-7H,1H3,(H,15,16)(H,17,18)(H,19,20)/t7-/m0/s1. The van der Waals surface area contributed by atoms with E-state index in [1.165, 1.54) is 18.2 Å². The van der Waals surface area contributed by atoms with Crippen LogP contribution in [0.3, 0.4) is 0 Å². The molecule has 3 N–H and O–H groups in total. The Morgan fingerprint density at radius 3 is 2.85 bits per heavy atom. The van der Waals surface area contributed by atoms with Crippen molar-refractivity contribution >= 4 is 11.9 Å². The van der Waals surface area contributed by atoms with E-state index in [-0.39, 0.29) is 11.4 Å². The van der Waals surface area contributed by atoms with E-state index in [2.05, 4.69) is 15.3 Å². The lowest BCUT2D eigenvalue weighted by Gasteiger charge is -2.13. The number of imidazole rings is 1. The van der Waals surface area contributed by atoms with E-state index in [0.29, 0.717) is 5.56 Å². The molecule has 1 aromatic carbocycles. The van der Waals surface area contributed by atoms with Crippen molar-refractivity contribution in [2.45, 2.75) is 13.0 Å². The second-order valence-electron chi connectivity index (χ2n) is 4.18. The van der Waals surface area contributed by atoms with E-state index in [4.69, 9.17) is 5.11 Å². The van der Waals surface area contributed by atoms with Gasteiger partial charge in [0.05, 0.1) is 12.4 Å². The van der Waals surface area contributed by atoms with Crippen LogP contribution in [0.2, 0.25) is 0 Å². The first-order valence-corrected chi connectivity index (χ1v) is 5.82. The Morgan fingerprint density at radius 1 is 1.45 bits per heavy atom. The first-order valence-electron chi connectivity index (χ1n) is 5.82. The number of hydrogen-bond acceptors (Lipinski definition) is 3. The van der Waals surface area contributed by atoms with Crippen molar-refractivity contribution in [3.63, 3.8) is 0 Å². The Balaban J connectivity index is 2.15. The third kappa shape index (κ3) is 2.82. The van der Waals surface area contributed by atoms with Crippen LogP contribution in [0.25, 0.3) is 0 Å². The number of aromatic nitrogens is 2. The molecular weight excluding hydrogens is 265 g/mol. The lowest BCUT2D eigenvalue weighted by Crippen LogP contribution is -2.28. The third-order valence-corrected chi connectivity index (χ3v) is 2.76. The van der Waals surface area contributed by atoms with Gasteiger partial charge in [-0.05, 0) is 24.6 Å². The molecule has 1 atom stereocenters. The van der Waals surface area contributed by atoms with E-state index in [9.17, 15) is 14.0 Å². The summed E-state index contributed by atoms with van der Waals surface area (Å²) >= 11 is 0. The van der Waals surface area contributed by atoms with E-state index < -0.39 is 23.7 Å². The highest BCUT2D eigenvalue weighted by Crippen LogP contribution is 2.14. The molecule has 0 radical (unpaired) electrons. The van der Waals surface area contributed by atoms with Crippen LogP contribution in [0.5, 0.6) is 0 Å². The molecule has 7 heteroatoms. The topological polar surface area (TPSA) is 95.1 Å². The van der Waals surface area contributed by atoms with Gasteiger partial charge in [0.2, 0.25) is 0 Å². The van der Waals surface area contributed by atoms with Crippen molar-refractivity contribution in [2.75, 3.05) is 0 Å². The summed E-state index contributed by atoms with van der Waals surface area (Å²) in [6, 6.07) is 5.32. The second kappa shape index (κ2) is 5.52. The monoisotopic (exact) mass is 277 g/mol. The van der Waals surface area contributed by atoms with Gasteiger partial charge in [-0.15, -0.1) is 0 Å². The highest BCUT2D eigenvalue weighted by atomic mass is 19.1. The maximum Gasteiger partial charge on any atom is 0.354 e. The molecule has 2 rings (SSSR count). The Hall–Kier alpha value is -2.70. The minimum atomic E-state index is -1.27. The summed E-state index contributed by atoms with van der Waals surface area (Å²) in [5.74, 6) is -2.32. The molecule has 2 aromatic rings. The van der Waals surface area contributed by atoms with E-state index >= 15 is 0 Å². The van der Waals surface area contributed by atoms with Gasteiger partial charge in [0.25, 0.3) is 5.91 Å². The van der Waals surface area contributed by atoms with Gasteiger partial charge in [0.15, 0.2) is 11.4 Å². The summed E-state index contributed by atoms with van der Waals surface area (Å²) in [6.07, 6.45) is 1.13. The predicted molar refractivity (Wildman–Crippen MR) is 67.8 cm³/mol. The normalized spacial score (nSPS) is 11.9. The second-order valence-corrected chi connectivity index (χ2v) is 4.18. The number of rotatable bonds is 4. The fourth-order valence-electron chi connectivity index (χ4n) is 1.75. The fraction of sp³-hybridized carbons (Fsp3) is 0.154. The highest BCUT2D eigenvalue weighted by Gasteiger charge is 2.21. The average molecular weight is 277 g/mol. The number of carbonyl (C=O) groups is 2. The van der Waals surface area contributed by atoms with E-state index in [0.717, 1.165) is 6.33 Å². The number of aromatic amines is 1. The van der Waals surface area contributed by atoms with Crippen LogP contribution < -0.4 is 5.32 Å². The summed E-state index contributed by atoms with van der Waals surface area (Å²) in [7, 11) is 0. The summed E-state index contributed by atoms with van der Waals surface area (Å²) in [5.41, 5.74) is 0.0838. The Kier molecular flexibility index (Phi) is 3.79. The molecule has 20 heavy (non-hydrogen) atoms. The zero-order chi connectivity index (χ0) is 14.7. The smallest absolute Gasteiger partial charge is 0.354 e. The van der Waals surface area contributed by atoms with Crippen molar-refractivity contribution in [1.82, 2.24) is 15.3 Å². The SMILES string of the molecule is C[C@H](NC(=O)c1nc[nH]c1C(=O)O)c1cccc(F)c1. The average Bonchev–Trinajstić information content (AvgIpc) is 2.88. The number of amides is 1. The summed E-state index contributed by atoms with van der Waals surface area (Å²) in [5, 5.41) is 11.5. The molecule has 0 fully saturated rings. The van der Waals surface area contributed by atoms with Crippen LogP contribution in [0.15, 0.2) is 30.6 Å². The van der Waals surface area contributed by atoms with Gasteiger partial charge >= 0.3 is 5.97 Å². The number of H-pyrrole nitrogens is 1. The molecular formula is C13H12FN3O3. The third-order valence-electron chi connectivity index (χ3n) is 2.76. The first kappa shape index (κ1) is 13.7. The molecule has 1 aromatic heterocycles. The molecule has 0 bridgehead atoms. The van der Waals surface area contributed by atoms with Crippen molar-refractivity contribution in [3.8, 4) is 0 Å². The molecule has 0 aliphatic heterocycles. The Labute approximate surface area is 113 Å². The largest absolute Gasteiger partial charge is 0.477 e. The van der Waals surface area contributed by atoms with E-state index in [1.54, 1.807) is 13.0 Å². The van der Waals surface area contributed by atoms with Gasteiger partial charge in [-0.3, -0.25) is 4.79 Å². The highest BCUT2D eigenvalue weighted by molar-refractivity contribution is 6.02. The first-order chi connectivity index (χ1) is 9.49. The van der Waals surface area contributed by atoms with Crippen molar-refractivity contribution in [2.24, 2.45) is 0 Å². The van der Waals surface area contributed by atoms with Gasteiger partial charge in [-0.1, -0.05) is 12.1 Å². The number of aromatic carboxylic acids is 1. The van der Waals surface area contributed by atoms with Gasteiger partial charge < -0.3 is 15.4 Å². The summed E-state index contributed by atoms with van der Waals surface area (Å²) < 4.78 is 13.1. The molecule has 0 saturated heterocycles. The summed E-state index contributed by atoms with van der Waals surface area (Å²) in [6.45, 7) is 1.67. The number of nitrogens with zero attached hydrogens (tertiary/aromatic N) is 1. The van der Waals surface area contributed by atoms with Crippen molar-refractivity contribution in [1.29, 1.82) is 0 Å². The summed E-state index contributed by atoms with van der Waals surface area (Å²) in [4.78, 5) is 28.9. The minimum Gasteiger partial charge on any atom is -0.477 e. The van der Waals surface area contributed by atoms with Crippen LogP contribution in [0, 0.1) is 5.82 Å². The van der Waals surface area contributed by atoms with Gasteiger partial charge in [-0.25, -0.2) is 14.2 Å². The number of halogens is 1. The molecule has 6 nitrogen and oxygen atoms in total. The lowest BCUT2D eigenvalue weighted by atomic mass is 10.1. The Bertz CT molecular complexity index is 654. The quantitative estimate of drug-likeness (QED) is 0.793. The number of carbonyl (C=O) groups excluding carboxylic acids is 1. The maximum absolute atomic E-state index is 13.1. The molecule has 0 unspecified atom stereocenters. The number of hydrogen-bond donors (Lipinski definition) is 3. The molecule has 1 amide bonds. The van der Waals surface area contributed by atoms with Crippen LogP contribution >= 0.6 is 0 Å². The van der Waals surface area contributed by atoms with Gasteiger partial charge in [0.1, 0.15) is 5.82 Å². The van der Waals surface area contributed by atoms with Gasteiger partial charge in [-0.2, -0.15) is 0 Å². The lowest BCUT2D eigenvalue weighted by molar-refractivity contribution is 0.0684. The minimum absolute atomic E-state index is 0.208. The zero-order valence-corrected chi connectivity index (χ0v) is 10.6. The zero-order valence-electron chi connectivity index (χ0n) is 10.6. The van der Waals surface area contributed by atoms with Crippen LogP contribution in [-0.4, -0.2) is 27.0 Å².